The van der Waals surface area contributed by atoms with Crippen molar-refractivity contribution >= 4 is 43.6 Å². The minimum atomic E-state index is -4.65. The summed E-state index contributed by atoms with van der Waals surface area (Å²) in [5.41, 5.74) is 11.4. The first kappa shape index (κ1) is 46.1. The third-order valence-corrected chi connectivity index (χ3v) is 14.2. The predicted molar refractivity (Wildman–Crippen MR) is 291 cm³/mol. The van der Waals surface area contributed by atoms with Gasteiger partial charge < -0.3 is 9.13 Å². The van der Waals surface area contributed by atoms with Crippen LogP contribution in [0.2, 0.25) is 0 Å². The summed E-state index contributed by atoms with van der Waals surface area (Å²) in [6.45, 7) is 0. The molecule has 0 N–H and O–H groups in total. The van der Waals surface area contributed by atoms with E-state index in [-0.39, 0.29) is 11.1 Å². The van der Waals surface area contributed by atoms with Gasteiger partial charge in [-0.05, 0) is 153 Å². The van der Waals surface area contributed by atoms with E-state index < -0.39 is 11.7 Å². The zero-order valence-electron chi connectivity index (χ0n) is 39.9. The van der Waals surface area contributed by atoms with Crippen molar-refractivity contribution < 1.29 is 13.2 Å². The van der Waals surface area contributed by atoms with E-state index in [1.807, 2.05) is 130 Å². The van der Waals surface area contributed by atoms with E-state index in [1.165, 1.54) is 6.07 Å². The molecular formula is C66H34F3N7. The van der Waals surface area contributed by atoms with Crippen LogP contribution in [0.4, 0.5) is 13.2 Å². The van der Waals surface area contributed by atoms with Gasteiger partial charge in [0.15, 0.2) is 0 Å². The summed E-state index contributed by atoms with van der Waals surface area (Å²) in [7, 11) is 0. The second kappa shape index (κ2) is 18.3. The number of benzene rings is 10. The Hall–Kier alpha value is -11.0. The maximum absolute atomic E-state index is 14.6. The number of hydrogen-bond donors (Lipinski definition) is 0. The second-order valence-corrected chi connectivity index (χ2v) is 18.3. The first-order valence-corrected chi connectivity index (χ1v) is 24.0. The monoisotopic (exact) mass is 981 g/mol. The fourth-order valence-corrected chi connectivity index (χ4v) is 10.7. The highest BCUT2D eigenvalue weighted by Gasteiger charge is 2.31. The van der Waals surface area contributed by atoms with Crippen LogP contribution in [0, 0.1) is 56.7 Å². The minimum Gasteiger partial charge on any atom is -0.308 e. The molecular weight excluding hydrogens is 948 g/mol. The van der Waals surface area contributed by atoms with Crippen LogP contribution in [0.5, 0.6) is 0 Å². The summed E-state index contributed by atoms with van der Waals surface area (Å²) in [5, 5.41) is 55.5. The average molecular weight is 982 g/mol. The van der Waals surface area contributed by atoms with Crippen LogP contribution < -0.4 is 0 Å². The van der Waals surface area contributed by atoms with E-state index in [0.717, 1.165) is 78.2 Å². The van der Waals surface area contributed by atoms with E-state index in [4.69, 9.17) is 0 Å². The van der Waals surface area contributed by atoms with Crippen LogP contribution in [-0.2, 0) is 6.18 Å². The summed E-state index contributed by atoms with van der Waals surface area (Å²) in [6.07, 6.45) is -4.65. The maximum Gasteiger partial charge on any atom is 0.416 e. The summed E-state index contributed by atoms with van der Waals surface area (Å²) >= 11 is 0. The van der Waals surface area contributed by atoms with Gasteiger partial charge in [-0.2, -0.15) is 39.5 Å². The van der Waals surface area contributed by atoms with Crippen LogP contribution in [-0.4, -0.2) is 9.13 Å². The van der Waals surface area contributed by atoms with Crippen molar-refractivity contribution in [2.75, 3.05) is 0 Å². The van der Waals surface area contributed by atoms with Gasteiger partial charge in [0.1, 0.15) is 11.6 Å². The number of alkyl halides is 3. The van der Waals surface area contributed by atoms with E-state index in [1.54, 1.807) is 66.7 Å². The lowest BCUT2D eigenvalue weighted by Gasteiger charge is -2.19. The molecule has 0 bridgehead atoms. The highest BCUT2D eigenvalue weighted by molar-refractivity contribution is 6.14. The number of nitrogens with zero attached hydrogens (tertiary/aromatic N) is 7. The van der Waals surface area contributed by atoms with Gasteiger partial charge in [0, 0.05) is 21.5 Å². The number of aromatic nitrogens is 2. The second-order valence-electron chi connectivity index (χ2n) is 18.3. The third-order valence-electron chi connectivity index (χ3n) is 14.2. The molecule has 2 aromatic heterocycles. The summed E-state index contributed by atoms with van der Waals surface area (Å²) in [4.78, 5) is 0. The lowest BCUT2D eigenvalue weighted by atomic mass is 9.96. The lowest BCUT2D eigenvalue weighted by Crippen LogP contribution is -2.06. The van der Waals surface area contributed by atoms with E-state index in [9.17, 15) is 39.5 Å². The highest BCUT2D eigenvalue weighted by Crippen LogP contribution is 2.45. The van der Waals surface area contributed by atoms with E-state index in [0.29, 0.717) is 61.3 Å². The molecule has 76 heavy (non-hydrogen) atoms. The Bertz CT molecular complexity index is 4170. The molecule has 0 unspecified atom stereocenters. The van der Waals surface area contributed by atoms with E-state index in [2.05, 4.69) is 30.3 Å². The normalized spacial score (nSPS) is 11.3. The number of fused-ring (bicyclic) bond motifs is 6. The van der Waals surface area contributed by atoms with Gasteiger partial charge in [-0.1, -0.05) is 109 Å². The predicted octanol–water partition coefficient (Wildman–Crippen LogP) is 16.6. The van der Waals surface area contributed by atoms with Crippen molar-refractivity contribution in [1.29, 1.82) is 26.3 Å². The Labute approximate surface area is 433 Å². The molecule has 12 aromatic rings. The zero-order valence-corrected chi connectivity index (χ0v) is 39.9. The number of halogens is 3. The lowest BCUT2D eigenvalue weighted by molar-refractivity contribution is -0.137. The number of rotatable bonds is 7. The molecule has 10 heteroatoms. The quantitative estimate of drug-likeness (QED) is 0.157. The molecule has 0 aliphatic heterocycles. The van der Waals surface area contributed by atoms with Crippen LogP contribution >= 0.6 is 0 Å². The minimum absolute atomic E-state index is 0.212. The molecule has 0 saturated heterocycles. The molecule has 10 aromatic carbocycles. The summed E-state index contributed by atoms with van der Waals surface area (Å²) < 4.78 is 47.7. The Balaban J connectivity index is 1.21. The first-order valence-electron chi connectivity index (χ1n) is 24.0. The van der Waals surface area contributed by atoms with Gasteiger partial charge in [0.05, 0.1) is 85.5 Å². The van der Waals surface area contributed by atoms with Gasteiger partial charge in [0.25, 0.3) is 0 Å². The first-order chi connectivity index (χ1) is 37.1. The average Bonchev–Trinajstić information content (AvgIpc) is 4.14. The van der Waals surface area contributed by atoms with Crippen LogP contribution in [0.15, 0.2) is 206 Å². The van der Waals surface area contributed by atoms with Crippen molar-refractivity contribution in [3.05, 3.63) is 240 Å². The molecule has 2 heterocycles. The fourth-order valence-electron chi connectivity index (χ4n) is 10.7. The molecule has 0 spiro atoms. The molecule has 0 aliphatic carbocycles. The number of nitriles is 5. The van der Waals surface area contributed by atoms with Crippen LogP contribution in [0.1, 0.15) is 33.4 Å². The molecule has 0 saturated carbocycles. The molecule has 0 amide bonds. The number of hydrogen-bond acceptors (Lipinski definition) is 5. The largest absolute Gasteiger partial charge is 0.416 e. The topological polar surface area (TPSA) is 129 Å². The Kier molecular flexibility index (Phi) is 11.1. The van der Waals surface area contributed by atoms with Gasteiger partial charge in [-0.25, -0.2) is 0 Å². The SMILES string of the molecule is N#Cc1ccccc1-c1ccc2c(c1)c1cc(-c3ccccc3C#N)ccc1n2-c1cc(-c2cccc(C(F)(F)F)c2)cc(-n2c3ccc(-c4ccccc4C#N)cc3c3cc(-c4ccccc4C#N)ccc32)c1C#N. The van der Waals surface area contributed by atoms with Crippen molar-refractivity contribution in [3.63, 3.8) is 0 Å². The fraction of sp³-hybridized carbons (Fsp3) is 0.0152. The Morgan fingerprint density at radius 1 is 0.303 bits per heavy atom. The molecule has 0 radical (unpaired) electrons. The maximum atomic E-state index is 14.6. The van der Waals surface area contributed by atoms with Gasteiger partial charge in [0.2, 0.25) is 0 Å². The summed E-state index contributed by atoms with van der Waals surface area (Å²) in [5.74, 6) is 0. The van der Waals surface area contributed by atoms with Gasteiger partial charge >= 0.3 is 6.18 Å². The Morgan fingerprint density at radius 2 is 0.632 bits per heavy atom. The highest BCUT2D eigenvalue weighted by atomic mass is 19.4. The van der Waals surface area contributed by atoms with Crippen molar-refractivity contribution in [3.8, 4) is 97.4 Å². The molecule has 354 valence electrons. The van der Waals surface area contributed by atoms with Crippen molar-refractivity contribution in [2.24, 2.45) is 0 Å². The molecule has 0 fully saturated rings. The molecule has 12 rings (SSSR count). The van der Waals surface area contributed by atoms with Gasteiger partial charge in [-0.3, -0.25) is 0 Å². The molecule has 7 nitrogen and oxygen atoms in total. The molecule has 0 atom stereocenters. The zero-order chi connectivity index (χ0) is 52.2. The standard InChI is InChI=1S/C66H34F3N7/c67-66(68,69)50-15-9-14-40(28-50)49-33-64(75-60-24-20-41(51-16-5-1-10-45(51)35-70)29-55(60)56-30-42(21-25-61(56)75)52-17-6-2-11-46(52)36-71)59(39-74)65(34-49)76-62-26-22-43(53-18-7-3-12-47(53)37-72)31-57(62)58-32-44(23-27-63(58)76)54-19-8-4-13-48(54)38-73/h1-34H. The van der Waals surface area contributed by atoms with Crippen LogP contribution in [0.25, 0.3) is 111 Å². The summed E-state index contributed by atoms with van der Waals surface area (Å²) in [6, 6.07) is 73.1. The van der Waals surface area contributed by atoms with E-state index >= 15 is 0 Å². The smallest absolute Gasteiger partial charge is 0.308 e. The van der Waals surface area contributed by atoms with Gasteiger partial charge in [-0.15, -0.1) is 0 Å². The Morgan fingerprint density at radius 3 is 0.934 bits per heavy atom. The molecule has 0 aliphatic rings. The third kappa shape index (κ3) is 7.57. The van der Waals surface area contributed by atoms with Crippen molar-refractivity contribution in [2.45, 2.75) is 6.18 Å². The van der Waals surface area contributed by atoms with Crippen LogP contribution in [0.3, 0.4) is 0 Å². The van der Waals surface area contributed by atoms with Crippen molar-refractivity contribution in [1.82, 2.24) is 9.13 Å².